The number of hydrogen-bond acceptors (Lipinski definition) is 3. The molecule has 0 radical (unpaired) electrons. The van der Waals surface area contributed by atoms with Gasteiger partial charge in [0.05, 0.1) is 33.1 Å². The summed E-state index contributed by atoms with van der Waals surface area (Å²) >= 11 is 6.67. The Bertz CT molecular complexity index is 4880. The second-order valence-electron chi connectivity index (χ2n) is 21.5. The Kier molecular flexibility index (Phi) is 20.6. The van der Waals surface area contributed by atoms with Crippen molar-refractivity contribution in [1.82, 2.24) is 0 Å². The van der Waals surface area contributed by atoms with Gasteiger partial charge in [0.1, 0.15) is 34.5 Å². The van der Waals surface area contributed by atoms with E-state index in [4.69, 9.17) is 14.2 Å². The van der Waals surface area contributed by atoms with E-state index in [0.29, 0.717) is 42.2 Å². The van der Waals surface area contributed by atoms with Gasteiger partial charge in [-0.15, -0.1) is 0 Å². The summed E-state index contributed by atoms with van der Waals surface area (Å²) in [6.45, 7) is 0. The number of fused-ring (bicyclic) bond motifs is 6. The Morgan fingerprint density at radius 3 is 0.773 bits per heavy atom. The van der Waals surface area contributed by atoms with Gasteiger partial charge in [-0.1, -0.05) is 24.3 Å². The first-order valence-corrected chi connectivity index (χ1v) is 36.0. The lowest BCUT2D eigenvalue weighted by Gasteiger charge is -2.12. The molecule has 0 fully saturated rings. The lowest BCUT2D eigenvalue weighted by Crippen LogP contribution is -2.09. The van der Waals surface area contributed by atoms with E-state index in [2.05, 4.69) is 153 Å². The van der Waals surface area contributed by atoms with Gasteiger partial charge in [-0.25, -0.2) is 0 Å². The van der Waals surface area contributed by atoms with Crippen molar-refractivity contribution in [3.05, 3.63) is 312 Å². The Labute approximate surface area is 597 Å². The highest BCUT2D eigenvalue weighted by atomic mass is 127. The van der Waals surface area contributed by atoms with Gasteiger partial charge in [0.15, 0.2) is 43.3 Å². The third-order valence-electron chi connectivity index (χ3n) is 15.0. The third kappa shape index (κ3) is 16.3. The first kappa shape index (κ1) is 69.1. The molecule has 0 saturated heterocycles. The van der Waals surface area contributed by atoms with E-state index >= 15 is 0 Å². The Hall–Kier alpha value is -7.82. The highest BCUT2D eigenvalue weighted by Crippen LogP contribution is 2.52. The summed E-state index contributed by atoms with van der Waals surface area (Å²) in [4.78, 5) is 3.90. The predicted octanol–water partition coefficient (Wildman–Crippen LogP) is 27.5. The van der Waals surface area contributed by atoms with E-state index in [1.165, 1.54) is 65.0 Å². The zero-order chi connectivity index (χ0) is 68.4. The molecule has 0 bridgehead atoms. The van der Waals surface area contributed by atoms with Gasteiger partial charge in [-0.3, -0.25) is 0 Å². The zero-order valence-corrected chi connectivity index (χ0v) is 58.6. The van der Waals surface area contributed by atoms with Crippen molar-refractivity contribution < 1.29 is 66.9 Å². The Morgan fingerprint density at radius 2 is 0.485 bits per heavy atom. The van der Waals surface area contributed by atoms with Gasteiger partial charge >= 0.3 is 24.7 Å². The van der Waals surface area contributed by atoms with E-state index in [1.807, 2.05) is 60.7 Å². The molecule has 2 aromatic heterocycles. The molecule has 0 spiro atoms. The number of rotatable bonds is 11. The molecule has 0 saturated carbocycles. The van der Waals surface area contributed by atoms with Crippen LogP contribution < -0.4 is 14.2 Å². The van der Waals surface area contributed by atoms with Crippen molar-refractivity contribution >= 4 is 140 Å². The average molecular weight is 1710 g/mol. The van der Waals surface area contributed by atoms with Crippen LogP contribution in [0.1, 0.15) is 22.3 Å². The van der Waals surface area contributed by atoms with Crippen LogP contribution in [0.2, 0.25) is 0 Å². The van der Waals surface area contributed by atoms with E-state index in [9.17, 15) is 52.7 Å². The molecule has 12 aromatic carbocycles. The lowest BCUT2D eigenvalue weighted by molar-refractivity contribution is -0.138. The van der Waals surface area contributed by atoms with Crippen LogP contribution >= 0.6 is 88.7 Å². The number of benzene rings is 12. The van der Waals surface area contributed by atoms with Crippen LogP contribution in [0.4, 0.5) is 52.7 Å². The zero-order valence-electron chi connectivity index (χ0n) is 49.7. The average Bonchev–Trinajstić information content (AvgIpc) is 1.60. The Balaban J connectivity index is 0.000000140. The van der Waals surface area contributed by atoms with Gasteiger partial charge in [0.25, 0.3) is 0 Å². The summed E-state index contributed by atoms with van der Waals surface area (Å²) in [5.74, 6) is 4.14. The smallest absolute Gasteiger partial charge is 0.416 e. The Morgan fingerprint density at radius 1 is 0.247 bits per heavy atom. The topological polar surface area (TPSA) is 27.7 Å². The third-order valence-corrected chi connectivity index (χ3v) is 24.1. The fourth-order valence-corrected chi connectivity index (χ4v) is 18.3. The summed E-state index contributed by atoms with van der Waals surface area (Å²) in [5.41, 5.74) is -3.38. The van der Waals surface area contributed by atoms with Crippen molar-refractivity contribution in [2.24, 2.45) is 0 Å². The fourth-order valence-electron chi connectivity index (χ4n) is 10.5. The maximum Gasteiger partial charge on any atom is 0.416 e. The minimum atomic E-state index is -4.60. The molecule has 0 N–H and O–H groups in total. The quantitative estimate of drug-likeness (QED) is 0.0734. The molecule has 2 heterocycles. The van der Waals surface area contributed by atoms with E-state index in [1.54, 1.807) is 48.5 Å². The van der Waals surface area contributed by atoms with Crippen molar-refractivity contribution in [2.75, 3.05) is 0 Å². The molecule has 0 aliphatic rings. The van der Waals surface area contributed by atoms with Crippen molar-refractivity contribution in [3.8, 4) is 44.3 Å². The largest absolute Gasteiger partial charge is 0.457 e. The molecule has 97 heavy (non-hydrogen) atoms. The molecule has 0 unspecified atom stereocenters. The predicted molar refractivity (Wildman–Crippen MR) is 390 cm³/mol. The molecule has 0 amide bonds. The second-order valence-corrected chi connectivity index (χ2v) is 31.1. The first-order valence-electron chi connectivity index (χ1n) is 29.1. The summed E-state index contributed by atoms with van der Waals surface area (Å²) in [6, 6.07) is 79.0. The van der Waals surface area contributed by atoms with Crippen LogP contribution in [0.3, 0.4) is 0 Å². The molecular formula is C76H46F12I3O3S3+3. The minimum absolute atomic E-state index is 0.0549. The molecule has 488 valence electrons. The summed E-state index contributed by atoms with van der Waals surface area (Å²) < 4.78 is 183. The van der Waals surface area contributed by atoms with Crippen molar-refractivity contribution in [1.29, 1.82) is 0 Å². The van der Waals surface area contributed by atoms with Crippen LogP contribution in [-0.4, -0.2) is 0 Å². The van der Waals surface area contributed by atoms with Gasteiger partial charge in [0, 0.05) is 77.5 Å². The first-order chi connectivity index (χ1) is 46.3. The molecule has 0 atom stereocenters. The van der Waals surface area contributed by atoms with Crippen molar-refractivity contribution in [2.45, 2.75) is 39.4 Å². The molecule has 14 aromatic rings. The fraction of sp³-hybridized carbons (Fsp3) is 0.0526. The number of halogens is 15. The number of hydrogen-bond donors (Lipinski definition) is 0. The maximum absolute atomic E-state index is 13.4. The van der Waals surface area contributed by atoms with Gasteiger partial charge in [-0.05, 0) is 298 Å². The summed E-state index contributed by atoms with van der Waals surface area (Å²) in [7, 11) is -1.85. The molecule has 0 aliphatic carbocycles. The van der Waals surface area contributed by atoms with Gasteiger partial charge in [-0.2, -0.15) is 52.7 Å². The van der Waals surface area contributed by atoms with E-state index in [-0.39, 0.29) is 21.2 Å². The number of ether oxygens (including phenoxy) is 3. The van der Waals surface area contributed by atoms with Gasteiger partial charge < -0.3 is 14.2 Å². The minimum Gasteiger partial charge on any atom is -0.457 e. The van der Waals surface area contributed by atoms with Crippen LogP contribution in [0.15, 0.2) is 294 Å². The molecule has 3 nitrogen and oxygen atoms in total. The highest BCUT2D eigenvalue weighted by molar-refractivity contribution is 14.1. The standard InChI is InChI=1S/C26H14F6IOS.C26H16F6IOS.C24H16IOS/c27-25(28,29)15-1-11-23-21(13-15)22-14-16(26(30,31)32)2-12-24(22)35(23)20-9-7-19(8-10-20)34-18-5-3-17(33)4-6-18;27-25(28,29)17-1-11-22(12-2-17)35(23-13-3-18(4-14-23)26(30,31)32)24-15-9-21(10-16-24)34-20-7-5-19(33)6-8-20;25-17-9-11-18(12-10-17)26-19-13-15-20(16-14-19)27-23-7-3-1-5-21(23)22-6-2-4-8-24(22)27/h1-14H;1-16H;1-16H/q3*+1. The molecule has 14 rings (SSSR count). The maximum atomic E-state index is 13.4. The SMILES string of the molecule is FC(F)(F)c1ccc([S+](c2ccc(Oc3ccc(I)cc3)cc2)c2ccc(C(F)(F)F)cc2)cc1.FC(F)(F)c1ccc2c(c1)c1cc(C(F)(F)F)ccc1[s+]2-c1ccc(Oc2ccc(I)cc2)cc1.Ic1ccc(Oc2ccc(-[s+]3c4ccccc4c4ccccc43)cc2)cc1. The van der Waals surface area contributed by atoms with Crippen LogP contribution in [0, 0.1) is 10.7 Å². The normalized spacial score (nSPS) is 12.0. The lowest BCUT2D eigenvalue weighted by atomic mass is 10.1. The van der Waals surface area contributed by atoms with Crippen LogP contribution in [-0.2, 0) is 35.6 Å². The number of thiophene rings is 2. The molecule has 0 aliphatic heterocycles. The van der Waals surface area contributed by atoms with Crippen LogP contribution in [0.25, 0.3) is 50.1 Å². The van der Waals surface area contributed by atoms with E-state index < -0.39 is 68.3 Å². The highest BCUT2D eigenvalue weighted by Gasteiger charge is 2.38. The van der Waals surface area contributed by atoms with E-state index in [0.717, 1.165) is 77.0 Å². The second kappa shape index (κ2) is 28.9. The summed E-state index contributed by atoms with van der Waals surface area (Å²) in [6.07, 6.45) is -18.2. The van der Waals surface area contributed by atoms with Crippen molar-refractivity contribution in [3.63, 3.8) is 0 Å². The monoisotopic (exact) mass is 1710 g/mol. The molecule has 21 heteroatoms. The summed E-state index contributed by atoms with van der Waals surface area (Å²) in [5, 5.41) is 3.05. The molecular weight excluding hydrogens is 1670 g/mol. The van der Waals surface area contributed by atoms with Gasteiger partial charge in [0.2, 0.25) is 0 Å². The van der Waals surface area contributed by atoms with Crippen LogP contribution in [0.5, 0.6) is 34.5 Å². The number of alkyl halides is 12.